The van der Waals surface area contributed by atoms with Gasteiger partial charge in [0.25, 0.3) is 5.91 Å². The molecular weight excluding hydrogens is 282 g/mol. The Balaban J connectivity index is 1.99. The number of rotatable bonds is 5. The van der Waals surface area contributed by atoms with Crippen LogP contribution in [0.1, 0.15) is 28.6 Å². The molecule has 6 nitrogen and oxygen atoms in total. The summed E-state index contributed by atoms with van der Waals surface area (Å²) in [6.45, 7) is 7.01. The van der Waals surface area contributed by atoms with Gasteiger partial charge in [-0.05, 0) is 25.1 Å². The van der Waals surface area contributed by atoms with Crippen LogP contribution in [0.4, 0.5) is 5.69 Å². The van der Waals surface area contributed by atoms with Crippen LogP contribution in [0, 0.1) is 6.92 Å². The molecule has 1 aromatic carbocycles. The molecule has 114 valence electrons. The monoisotopic (exact) mass is 299 g/mol. The van der Waals surface area contributed by atoms with E-state index in [1.165, 1.54) is 13.2 Å². The predicted octanol–water partition coefficient (Wildman–Crippen LogP) is 2.45. The lowest BCUT2D eigenvalue weighted by molar-refractivity contribution is -0.114. The molecule has 2 rings (SSSR count). The summed E-state index contributed by atoms with van der Waals surface area (Å²) < 4.78 is 5.08. The third-order valence-corrected chi connectivity index (χ3v) is 2.96. The molecule has 0 spiro atoms. The van der Waals surface area contributed by atoms with Crippen molar-refractivity contribution in [1.82, 2.24) is 10.9 Å². The van der Waals surface area contributed by atoms with Gasteiger partial charge in [-0.3, -0.25) is 20.4 Å². The summed E-state index contributed by atoms with van der Waals surface area (Å²) in [5.41, 5.74) is 7.65. The minimum absolute atomic E-state index is 0.153. The van der Waals surface area contributed by atoms with Crippen LogP contribution in [0.5, 0.6) is 0 Å². The van der Waals surface area contributed by atoms with E-state index in [1.54, 1.807) is 31.2 Å². The summed E-state index contributed by atoms with van der Waals surface area (Å²) >= 11 is 0. The fourth-order valence-electron chi connectivity index (χ4n) is 1.88. The molecule has 2 aromatic rings. The number of hydrogen-bond donors (Lipinski definition) is 3. The molecule has 22 heavy (non-hydrogen) atoms. The molecule has 6 heteroatoms. The highest BCUT2D eigenvalue weighted by Gasteiger charge is 2.11. The normalized spacial score (nSPS) is 9.91. The summed E-state index contributed by atoms with van der Waals surface area (Å²) in [5.74, 6) is 0.0717. The van der Waals surface area contributed by atoms with Gasteiger partial charge in [0.2, 0.25) is 5.91 Å². The zero-order valence-corrected chi connectivity index (χ0v) is 12.4. The van der Waals surface area contributed by atoms with Crippen molar-refractivity contribution < 1.29 is 14.0 Å². The van der Waals surface area contributed by atoms with E-state index in [2.05, 4.69) is 22.7 Å². The zero-order chi connectivity index (χ0) is 16.1. The number of benzene rings is 1. The molecule has 0 saturated carbocycles. The van der Waals surface area contributed by atoms with E-state index < -0.39 is 0 Å². The van der Waals surface area contributed by atoms with Gasteiger partial charge in [0.1, 0.15) is 5.76 Å². The number of carbonyl (C=O) groups is 2. The molecule has 0 aliphatic carbocycles. The fourth-order valence-corrected chi connectivity index (χ4v) is 1.88. The first-order chi connectivity index (χ1) is 10.5. The third-order valence-electron chi connectivity index (χ3n) is 2.96. The van der Waals surface area contributed by atoms with Crippen LogP contribution in [-0.2, 0) is 4.79 Å². The number of nitrogens with one attached hydrogen (secondary N) is 3. The van der Waals surface area contributed by atoms with E-state index >= 15 is 0 Å². The first-order valence-corrected chi connectivity index (χ1v) is 6.65. The molecule has 0 fully saturated rings. The Morgan fingerprint density at radius 3 is 2.59 bits per heavy atom. The molecule has 0 bridgehead atoms. The first-order valence-electron chi connectivity index (χ1n) is 6.65. The largest absolute Gasteiger partial charge is 0.469 e. The molecule has 0 unspecified atom stereocenters. The molecule has 2 amide bonds. The van der Waals surface area contributed by atoms with Gasteiger partial charge >= 0.3 is 0 Å². The molecule has 0 aliphatic heterocycles. The van der Waals surface area contributed by atoms with Crippen LogP contribution in [0.3, 0.4) is 0 Å². The highest BCUT2D eigenvalue weighted by molar-refractivity contribution is 5.95. The second-order valence-corrected chi connectivity index (χ2v) is 4.71. The molecule has 0 aliphatic rings. The second-order valence-electron chi connectivity index (χ2n) is 4.71. The Morgan fingerprint density at radius 2 is 1.95 bits per heavy atom. The van der Waals surface area contributed by atoms with Gasteiger partial charge in [0, 0.05) is 18.2 Å². The Morgan fingerprint density at radius 1 is 1.18 bits per heavy atom. The number of anilines is 1. The number of furan rings is 1. The van der Waals surface area contributed by atoms with E-state index in [0.29, 0.717) is 22.7 Å². The number of carbonyl (C=O) groups excluding carboxylic acids is 2. The quantitative estimate of drug-likeness (QED) is 0.741. The lowest BCUT2D eigenvalue weighted by atomic mass is 10.1. The standard InChI is InChI=1S/C16H17N3O3/c1-10(13-5-4-6-14(9-13)17-12(3)20)18-19-16(21)15-7-8-22-11(15)2/h4-9,18H,1H2,2-3H3,(H,17,20)(H,19,21). The minimum atomic E-state index is -0.314. The van der Waals surface area contributed by atoms with Crippen LogP contribution in [0.25, 0.3) is 5.70 Å². The maximum absolute atomic E-state index is 11.9. The third kappa shape index (κ3) is 3.76. The molecule has 3 N–H and O–H groups in total. The number of aryl methyl sites for hydroxylation is 1. The summed E-state index contributed by atoms with van der Waals surface area (Å²) in [6.07, 6.45) is 1.45. The van der Waals surface area contributed by atoms with Gasteiger partial charge in [-0.2, -0.15) is 0 Å². The maximum atomic E-state index is 11.9. The predicted molar refractivity (Wildman–Crippen MR) is 83.8 cm³/mol. The SMILES string of the molecule is C=C(NNC(=O)c1ccoc1C)c1cccc(NC(C)=O)c1. The van der Waals surface area contributed by atoms with Crippen LogP contribution in [0.15, 0.2) is 47.6 Å². The average molecular weight is 299 g/mol. The van der Waals surface area contributed by atoms with Gasteiger partial charge in [0.15, 0.2) is 0 Å². The van der Waals surface area contributed by atoms with Crippen molar-refractivity contribution in [3.05, 3.63) is 60.1 Å². The maximum Gasteiger partial charge on any atom is 0.273 e. The van der Waals surface area contributed by atoms with Gasteiger partial charge in [0.05, 0.1) is 17.5 Å². The minimum Gasteiger partial charge on any atom is -0.469 e. The van der Waals surface area contributed by atoms with Crippen molar-refractivity contribution in [2.45, 2.75) is 13.8 Å². The van der Waals surface area contributed by atoms with E-state index in [-0.39, 0.29) is 11.8 Å². The van der Waals surface area contributed by atoms with Crippen LogP contribution in [-0.4, -0.2) is 11.8 Å². The van der Waals surface area contributed by atoms with Crippen molar-refractivity contribution in [3.63, 3.8) is 0 Å². The Bertz CT molecular complexity index is 719. The smallest absolute Gasteiger partial charge is 0.273 e. The van der Waals surface area contributed by atoms with Crippen LogP contribution >= 0.6 is 0 Å². The lowest BCUT2D eigenvalue weighted by Gasteiger charge is -2.12. The Kier molecular flexibility index (Phi) is 4.63. The summed E-state index contributed by atoms with van der Waals surface area (Å²) in [4.78, 5) is 23.0. The molecular formula is C16H17N3O3. The van der Waals surface area contributed by atoms with Gasteiger partial charge in [-0.1, -0.05) is 18.7 Å². The van der Waals surface area contributed by atoms with Crippen molar-refractivity contribution in [2.75, 3.05) is 5.32 Å². The number of hydrazine groups is 1. The molecule has 0 saturated heterocycles. The highest BCUT2D eigenvalue weighted by Crippen LogP contribution is 2.15. The van der Waals surface area contributed by atoms with Crippen molar-refractivity contribution in [1.29, 1.82) is 0 Å². The average Bonchev–Trinajstić information content (AvgIpc) is 2.90. The Hall–Kier alpha value is -3.02. The summed E-state index contributed by atoms with van der Waals surface area (Å²) in [6, 6.07) is 8.72. The molecule has 1 aromatic heterocycles. The van der Waals surface area contributed by atoms with Crippen molar-refractivity contribution in [3.8, 4) is 0 Å². The molecule has 1 heterocycles. The highest BCUT2D eigenvalue weighted by atomic mass is 16.3. The Labute approximate surface area is 128 Å². The zero-order valence-electron chi connectivity index (χ0n) is 12.4. The lowest BCUT2D eigenvalue weighted by Crippen LogP contribution is -2.35. The van der Waals surface area contributed by atoms with Gasteiger partial charge in [-0.15, -0.1) is 0 Å². The van der Waals surface area contributed by atoms with Crippen LogP contribution in [0.2, 0.25) is 0 Å². The number of hydrogen-bond acceptors (Lipinski definition) is 4. The molecule has 0 atom stereocenters. The fraction of sp³-hybridized carbons (Fsp3) is 0.125. The first kappa shape index (κ1) is 15.4. The van der Waals surface area contributed by atoms with Crippen LogP contribution < -0.4 is 16.2 Å². The molecule has 0 radical (unpaired) electrons. The van der Waals surface area contributed by atoms with E-state index in [9.17, 15) is 9.59 Å². The summed E-state index contributed by atoms with van der Waals surface area (Å²) in [7, 11) is 0. The number of amides is 2. The van der Waals surface area contributed by atoms with E-state index in [0.717, 1.165) is 5.56 Å². The van der Waals surface area contributed by atoms with Crippen molar-refractivity contribution >= 4 is 23.2 Å². The van der Waals surface area contributed by atoms with E-state index in [1.807, 2.05) is 6.07 Å². The topological polar surface area (TPSA) is 83.4 Å². The van der Waals surface area contributed by atoms with Gasteiger partial charge in [-0.25, -0.2) is 0 Å². The van der Waals surface area contributed by atoms with E-state index in [4.69, 9.17) is 4.42 Å². The summed E-state index contributed by atoms with van der Waals surface area (Å²) in [5, 5.41) is 2.69. The second kappa shape index (κ2) is 6.62. The van der Waals surface area contributed by atoms with Crippen molar-refractivity contribution in [2.24, 2.45) is 0 Å². The van der Waals surface area contributed by atoms with Gasteiger partial charge < -0.3 is 9.73 Å².